The number of rotatable bonds is 7. The molecule has 1 aliphatic heterocycles. The Bertz CT molecular complexity index is 1130. The predicted molar refractivity (Wildman–Crippen MR) is 129 cm³/mol. The van der Waals surface area contributed by atoms with Crippen molar-refractivity contribution >= 4 is 16.7 Å². The largest absolute Gasteiger partial charge is 0.395 e. The van der Waals surface area contributed by atoms with Crippen LogP contribution in [0.15, 0.2) is 47.6 Å². The van der Waals surface area contributed by atoms with Crippen molar-refractivity contribution in [2.75, 3.05) is 40.3 Å². The van der Waals surface area contributed by atoms with Crippen molar-refractivity contribution in [3.8, 4) is 11.3 Å². The first-order chi connectivity index (χ1) is 15.7. The van der Waals surface area contributed by atoms with Gasteiger partial charge in [0.15, 0.2) is 0 Å². The van der Waals surface area contributed by atoms with Gasteiger partial charge in [-0.05, 0) is 58.1 Å². The molecule has 0 spiro atoms. The summed E-state index contributed by atoms with van der Waals surface area (Å²) in [5.41, 5.74) is 7.82. The molecule has 0 amide bonds. The normalized spacial score (nSPS) is 17.2. The molecular weight excluding hydrogens is 398 g/mol. The predicted octanol–water partition coefficient (Wildman–Crippen LogP) is 4.32. The first-order valence-corrected chi connectivity index (χ1v) is 11.7. The minimum Gasteiger partial charge on any atom is -0.395 e. The van der Waals surface area contributed by atoms with Gasteiger partial charge in [-0.1, -0.05) is 48.0 Å². The van der Waals surface area contributed by atoms with Gasteiger partial charge in [0, 0.05) is 24.2 Å². The zero-order valence-electron chi connectivity index (χ0n) is 19.0. The van der Waals surface area contributed by atoms with Crippen molar-refractivity contribution in [3.63, 3.8) is 0 Å². The number of benzene rings is 2. The van der Waals surface area contributed by atoms with E-state index in [0.29, 0.717) is 6.61 Å². The van der Waals surface area contributed by atoms with Crippen LogP contribution in [0.5, 0.6) is 0 Å². The van der Waals surface area contributed by atoms with Gasteiger partial charge in [-0.3, -0.25) is 4.90 Å². The average molecular weight is 430 g/mol. The molecule has 0 saturated carbocycles. The van der Waals surface area contributed by atoms with Crippen molar-refractivity contribution in [1.29, 1.82) is 0 Å². The molecule has 0 bridgehead atoms. The van der Waals surface area contributed by atoms with Gasteiger partial charge in [-0.15, -0.1) is 0 Å². The lowest BCUT2D eigenvalue weighted by Gasteiger charge is -2.26. The zero-order chi connectivity index (χ0) is 21.9. The van der Waals surface area contributed by atoms with Gasteiger partial charge < -0.3 is 9.74 Å². The molecule has 1 aliphatic carbocycles. The second-order valence-electron chi connectivity index (χ2n) is 9.02. The van der Waals surface area contributed by atoms with Crippen LogP contribution in [0.1, 0.15) is 42.5 Å². The number of hydrogen-bond acceptors (Lipinski definition) is 6. The molecular formula is C26H31N5O. The van der Waals surface area contributed by atoms with E-state index in [9.17, 15) is 0 Å². The lowest BCUT2D eigenvalue weighted by atomic mass is 10.1. The fourth-order valence-corrected chi connectivity index (χ4v) is 4.65. The van der Waals surface area contributed by atoms with Gasteiger partial charge in [0.2, 0.25) is 0 Å². The van der Waals surface area contributed by atoms with Crippen LogP contribution in [-0.4, -0.2) is 65.8 Å². The molecule has 0 atom stereocenters. The third-order valence-corrected chi connectivity index (χ3v) is 6.28. The SMILES string of the molecule is CN(C)CCCO/N=C1\c2ccccc2-c2nc3c(CN4CCCCC4)cccc3nc21. The first-order valence-electron chi connectivity index (χ1n) is 11.7. The summed E-state index contributed by atoms with van der Waals surface area (Å²) in [5, 5.41) is 4.51. The molecule has 3 aromatic rings. The lowest BCUT2D eigenvalue weighted by Crippen LogP contribution is -2.29. The van der Waals surface area contributed by atoms with Crippen molar-refractivity contribution in [2.45, 2.75) is 32.2 Å². The van der Waals surface area contributed by atoms with Crippen LogP contribution in [0.25, 0.3) is 22.3 Å². The quantitative estimate of drug-likeness (QED) is 0.324. The number of nitrogens with zero attached hydrogens (tertiary/aromatic N) is 5. The molecule has 0 radical (unpaired) electrons. The summed E-state index contributed by atoms with van der Waals surface area (Å²) in [7, 11) is 4.13. The van der Waals surface area contributed by atoms with Crippen molar-refractivity contribution in [1.82, 2.24) is 19.8 Å². The van der Waals surface area contributed by atoms with Crippen LogP contribution < -0.4 is 0 Å². The number of aromatic nitrogens is 2. The van der Waals surface area contributed by atoms with E-state index in [-0.39, 0.29) is 0 Å². The summed E-state index contributed by atoms with van der Waals surface area (Å²) >= 11 is 0. The summed E-state index contributed by atoms with van der Waals surface area (Å²) in [6.45, 7) is 4.82. The molecule has 2 heterocycles. The number of likely N-dealkylation sites (tertiary alicyclic amines) is 1. The molecule has 0 unspecified atom stereocenters. The highest BCUT2D eigenvalue weighted by atomic mass is 16.6. The number of oxime groups is 1. The molecule has 2 aliphatic rings. The van der Waals surface area contributed by atoms with E-state index in [1.807, 2.05) is 6.07 Å². The summed E-state index contributed by atoms with van der Waals surface area (Å²) in [5.74, 6) is 0. The number of fused-ring (bicyclic) bond motifs is 4. The summed E-state index contributed by atoms with van der Waals surface area (Å²) in [6.07, 6.45) is 4.85. The lowest BCUT2D eigenvalue weighted by molar-refractivity contribution is 0.135. The molecule has 5 rings (SSSR count). The van der Waals surface area contributed by atoms with Gasteiger partial charge in [-0.25, -0.2) is 9.97 Å². The van der Waals surface area contributed by atoms with Crippen molar-refractivity contribution < 1.29 is 4.84 Å². The smallest absolute Gasteiger partial charge is 0.138 e. The van der Waals surface area contributed by atoms with E-state index in [4.69, 9.17) is 14.8 Å². The van der Waals surface area contributed by atoms with Crippen LogP contribution in [0, 0.1) is 0 Å². The minimum absolute atomic E-state index is 0.584. The van der Waals surface area contributed by atoms with E-state index in [0.717, 1.165) is 58.8 Å². The third-order valence-electron chi connectivity index (χ3n) is 6.28. The van der Waals surface area contributed by atoms with E-state index in [1.165, 1.54) is 37.9 Å². The van der Waals surface area contributed by atoms with Gasteiger partial charge in [0.05, 0.1) is 16.7 Å². The Morgan fingerprint density at radius 1 is 0.938 bits per heavy atom. The fourth-order valence-electron chi connectivity index (χ4n) is 4.65. The van der Waals surface area contributed by atoms with Gasteiger partial charge in [-0.2, -0.15) is 0 Å². The van der Waals surface area contributed by atoms with Crippen molar-refractivity contribution in [2.24, 2.45) is 5.16 Å². The highest BCUT2D eigenvalue weighted by Gasteiger charge is 2.29. The summed E-state index contributed by atoms with van der Waals surface area (Å²) in [6, 6.07) is 14.6. The Hall–Kier alpha value is -2.83. The second-order valence-corrected chi connectivity index (χ2v) is 9.02. The highest BCUT2D eigenvalue weighted by Crippen LogP contribution is 2.36. The molecule has 166 valence electrons. The van der Waals surface area contributed by atoms with Crippen molar-refractivity contribution in [3.05, 3.63) is 59.3 Å². The Labute approximate surface area is 189 Å². The maximum Gasteiger partial charge on any atom is 0.138 e. The number of hydrogen-bond donors (Lipinski definition) is 0. The highest BCUT2D eigenvalue weighted by molar-refractivity contribution is 6.23. The molecule has 32 heavy (non-hydrogen) atoms. The van der Waals surface area contributed by atoms with Crippen LogP contribution >= 0.6 is 0 Å². The molecule has 1 fully saturated rings. The topological polar surface area (TPSA) is 53.9 Å². The van der Waals surface area contributed by atoms with Crippen LogP contribution in [0.4, 0.5) is 0 Å². The minimum atomic E-state index is 0.584. The number of para-hydroxylation sites is 1. The fraction of sp³-hybridized carbons (Fsp3) is 0.423. The average Bonchev–Trinajstić information content (AvgIpc) is 3.11. The molecule has 2 aromatic carbocycles. The number of piperidine rings is 1. The second kappa shape index (κ2) is 9.35. The van der Waals surface area contributed by atoms with Crippen LogP contribution in [-0.2, 0) is 11.4 Å². The Morgan fingerprint density at radius 2 is 1.75 bits per heavy atom. The van der Waals surface area contributed by atoms with Gasteiger partial charge >= 0.3 is 0 Å². The maximum absolute atomic E-state index is 5.70. The van der Waals surface area contributed by atoms with Crippen LogP contribution in [0.2, 0.25) is 0 Å². The molecule has 0 N–H and O–H groups in total. The summed E-state index contributed by atoms with van der Waals surface area (Å²) in [4.78, 5) is 20.6. The van der Waals surface area contributed by atoms with E-state index < -0.39 is 0 Å². The Balaban J connectivity index is 1.49. The third kappa shape index (κ3) is 4.25. The van der Waals surface area contributed by atoms with Gasteiger partial charge in [0.1, 0.15) is 18.0 Å². The zero-order valence-corrected chi connectivity index (χ0v) is 19.0. The van der Waals surface area contributed by atoms with E-state index >= 15 is 0 Å². The molecule has 1 saturated heterocycles. The van der Waals surface area contributed by atoms with Crippen LogP contribution in [0.3, 0.4) is 0 Å². The first kappa shape index (κ1) is 21.0. The Morgan fingerprint density at radius 3 is 2.56 bits per heavy atom. The van der Waals surface area contributed by atoms with E-state index in [2.05, 4.69) is 65.4 Å². The molecule has 1 aromatic heterocycles. The van der Waals surface area contributed by atoms with E-state index in [1.54, 1.807) is 0 Å². The Kier molecular flexibility index (Phi) is 6.14. The molecule has 6 nitrogen and oxygen atoms in total. The molecule has 6 heteroatoms. The van der Waals surface area contributed by atoms with Gasteiger partial charge in [0.25, 0.3) is 0 Å². The standard InChI is InChI=1S/C26H31N5O/c1-30(2)14-9-17-32-29-25-21-12-5-4-11-20(21)24-26(25)27-22-13-8-10-19(23(22)28-24)18-31-15-6-3-7-16-31/h4-5,8,10-13H,3,6-7,9,14-18H2,1-2H3/b29-25+. The maximum atomic E-state index is 5.70. The summed E-state index contributed by atoms with van der Waals surface area (Å²) < 4.78 is 0. The monoisotopic (exact) mass is 429 g/mol.